The molecule has 0 unspecified atom stereocenters. The number of piperidine rings is 1. The van der Waals surface area contributed by atoms with Crippen molar-refractivity contribution in [3.8, 4) is 0 Å². The number of allylic oxidation sites excluding steroid dienone is 1. The topological polar surface area (TPSA) is 71.7 Å². The van der Waals surface area contributed by atoms with Gasteiger partial charge in [0.05, 0.1) is 11.1 Å². The lowest BCUT2D eigenvalue weighted by molar-refractivity contribution is -0.103. The maximum atomic E-state index is 13.8. The number of nitrogens with zero attached hydrogens (tertiary/aromatic N) is 3. The van der Waals surface area contributed by atoms with Crippen LogP contribution in [0.2, 0.25) is 0 Å². The molecule has 0 atom stereocenters. The Morgan fingerprint density at radius 1 is 0.953 bits per heavy atom. The molecule has 3 heterocycles. The number of hydrogen-bond donors (Lipinski definition) is 2. The van der Waals surface area contributed by atoms with Crippen LogP contribution >= 0.6 is 0 Å². The number of nitrogens with one attached hydrogen (secondary N) is 2. The predicted octanol–water partition coefficient (Wildman–Crippen LogP) is 6.30. The number of H-pyrrole nitrogens is 1. The SMILES string of the molecule is C=C(C=O)c1c[nH]c2c(C(=O)NC)ccc(F)c12.C=C(c1ccccc1)N1CCN(C)CC1.CC.CCN1CCCCC1. The highest BCUT2D eigenvalue weighted by Gasteiger charge is 2.17. The third kappa shape index (κ3) is 10.2. The standard InChI is InChI=1S/C13H11FN2O2.C13H18N2.C7H15N.C2H6/c1-7(6-17)9-5-16-12-8(13(18)15-2)3-4-10(14)11(9)12;1-12(13-6-4-3-5-7-13)15-10-8-14(2)9-11-15;1-2-8-6-4-3-5-7-8;1-2/h3-6,16H,1H2,2H3,(H,15,18);3-7H,1,8-11H2,2H3;2-7H2,1H3;1-2H3. The van der Waals surface area contributed by atoms with Gasteiger partial charge in [0, 0.05) is 61.6 Å². The normalized spacial score (nSPS) is 15.1. The van der Waals surface area contributed by atoms with Gasteiger partial charge < -0.3 is 25.0 Å². The Labute approximate surface area is 257 Å². The van der Waals surface area contributed by atoms with Crippen LogP contribution in [0.15, 0.2) is 61.8 Å². The molecule has 7 nitrogen and oxygen atoms in total. The van der Waals surface area contributed by atoms with E-state index in [-0.39, 0.29) is 16.9 Å². The summed E-state index contributed by atoms with van der Waals surface area (Å²) in [5.74, 6) is -0.831. The number of halogens is 1. The molecule has 0 bridgehead atoms. The zero-order chi connectivity index (χ0) is 31.8. The number of carbonyl (C=O) groups excluding carboxylic acids is 2. The summed E-state index contributed by atoms with van der Waals surface area (Å²) in [6.07, 6.45) is 6.32. The average molecular weight is 592 g/mol. The Kier molecular flexibility index (Phi) is 15.4. The summed E-state index contributed by atoms with van der Waals surface area (Å²) in [6, 6.07) is 13.0. The number of carbonyl (C=O) groups is 2. The number of aromatic nitrogens is 1. The van der Waals surface area contributed by atoms with Gasteiger partial charge in [0.2, 0.25) is 0 Å². The zero-order valence-electron chi connectivity index (χ0n) is 26.7. The Balaban J connectivity index is 0.000000232. The number of aromatic amines is 1. The minimum Gasteiger partial charge on any atom is -0.369 e. The van der Waals surface area contributed by atoms with Crippen molar-refractivity contribution in [1.29, 1.82) is 0 Å². The Bertz CT molecular complexity index is 1310. The lowest BCUT2D eigenvalue weighted by Gasteiger charge is -2.35. The second-order valence-electron chi connectivity index (χ2n) is 10.4. The van der Waals surface area contributed by atoms with Crippen molar-refractivity contribution in [3.63, 3.8) is 0 Å². The van der Waals surface area contributed by atoms with Crippen molar-refractivity contribution in [3.05, 3.63) is 84.3 Å². The van der Waals surface area contributed by atoms with E-state index in [1.165, 1.54) is 69.8 Å². The molecular formula is C35H50FN5O2. The van der Waals surface area contributed by atoms with Crippen LogP contribution < -0.4 is 5.32 Å². The molecule has 0 radical (unpaired) electrons. The summed E-state index contributed by atoms with van der Waals surface area (Å²) in [5, 5.41) is 2.67. The third-order valence-corrected chi connectivity index (χ3v) is 7.63. The highest BCUT2D eigenvalue weighted by molar-refractivity contribution is 6.15. The van der Waals surface area contributed by atoms with Gasteiger partial charge >= 0.3 is 0 Å². The number of amides is 1. The Morgan fingerprint density at radius 2 is 1.58 bits per heavy atom. The van der Waals surface area contributed by atoms with E-state index in [0.29, 0.717) is 22.9 Å². The van der Waals surface area contributed by atoms with Crippen molar-refractivity contribution >= 4 is 34.4 Å². The van der Waals surface area contributed by atoms with Crippen LogP contribution in [0.4, 0.5) is 4.39 Å². The molecule has 0 aliphatic carbocycles. The number of likely N-dealkylation sites (N-methyl/N-ethyl adjacent to an activating group) is 1. The molecule has 2 aliphatic heterocycles. The predicted molar refractivity (Wildman–Crippen MR) is 179 cm³/mol. The maximum absolute atomic E-state index is 13.8. The van der Waals surface area contributed by atoms with E-state index in [9.17, 15) is 14.0 Å². The molecule has 0 saturated carbocycles. The minimum absolute atomic E-state index is 0.161. The van der Waals surface area contributed by atoms with E-state index >= 15 is 0 Å². The van der Waals surface area contributed by atoms with Gasteiger partial charge in [-0.2, -0.15) is 0 Å². The molecule has 5 rings (SSSR count). The molecule has 43 heavy (non-hydrogen) atoms. The van der Waals surface area contributed by atoms with Gasteiger partial charge in [-0.15, -0.1) is 0 Å². The van der Waals surface area contributed by atoms with Crippen molar-refractivity contribution in [1.82, 2.24) is 25.0 Å². The number of rotatable bonds is 6. The first-order valence-electron chi connectivity index (χ1n) is 15.4. The lowest BCUT2D eigenvalue weighted by Crippen LogP contribution is -2.43. The number of hydrogen-bond acceptors (Lipinski definition) is 5. The zero-order valence-corrected chi connectivity index (χ0v) is 26.7. The monoisotopic (exact) mass is 591 g/mol. The van der Waals surface area contributed by atoms with Crippen LogP contribution in [0.1, 0.15) is 61.5 Å². The summed E-state index contributed by atoms with van der Waals surface area (Å²) in [5.41, 5.74) is 3.59. The lowest BCUT2D eigenvalue weighted by atomic mass is 10.0. The highest BCUT2D eigenvalue weighted by Crippen LogP contribution is 2.28. The molecule has 234 valence electrons. The number of likely N-dealkylation sites (tertiary alicyclic amines) is 1. The quantitative estimate of drug-likeness (QED) is 0.260. The van der Waals surface area contributed by atoms with E-state index in [4.69, 9.17) is 0 Å². The van der Waals surface area contributed by atoms with Crippen molar-refractivity contribution in [2.45, 2.75) is 40.0 Å². The van der Waals surface area contributed by atoms with Crippen LogP contribution in [-0.4, -0.2) is 91.8 Å². The van der Waals surface area contributed by atoms with Gasteiger partial charge in [0.1, 0.15) is 12.1 Å². The first kappa shape index (κ1) is 35.4. The Morgan fingerprint density at radius 3 is 2.12 bits per heavy atom. The van der Waals surface area contributed by atoms with E-state index in [1.54, 1.807) is 0 Å². The van der Waals surface area contributed by atoms with Crippen LogP contribution in [-0.2, 0) is 4.79 Å². The van der Waals surface area contributed by atoms with Crippen molar-refractivity contribution < 1.29 is 14.0 Å². The average Bonchev–Trinajstić information content (AvgIpc) is 3.53. The van der Waals surface area contributed by atoms with Crippen molar-refractivity contribution in [2.24, 2.45) is 0 Å². The molecular weight excluding hydrogens is 541 g/mol. The molecule has 2 aromatic carbocycles. The maximum Gasteiger partial charge on any atom is 0.253 e. The van der Waals surface area contributed by atoms with Crippen LogP contribution in [0.3, 0.4) is 0 Å². The number of piperazine rings is 1. The van der Waals surface area contributed by atoms with Crippen molar-refractivity contribution in [2.75, 3.05) is 59.9 Å². The molecule has 1 amide bonds. The van der Waals surface area contributed by atoms with Crippen LogP contribution in [0.25, 0.3) is 22.2 Å². The van der Waals surface area contributed by atoms with Crippen LogP contribution in [0, 0.1) is 5.82 Å². The summed E-state index contributed by atoms with van der Waals surface area (Å²) in [4.78, 5) is 32.4. The number of benzene rings is 2. The largest absolute Gasteiger partial charge is 0.369 e. The summed E-state index contributed by atoms with van der Waals surface area (Å²) < 4.78 is 13.8. The molecule has 8 heteroatoms. The molecule has 3 aromatic rings. The van der Waals surface area contributed by atoms with Gasteiger partial charge in [-0.25, -0.2) is 4.39 Å². The summed E-state index contributed by atoms with van der Waals surface area (Å²) in [7, 11) is 3.66. The Hall–Kier alpha value is -3.75. The second-order valence-corrected chi connectivity index (χ2v) is 10.4. The first-order valence-corrected chi connectivity index (χ1v) is 15.4. The van der Waals surface area contributed by atoms with E-state index < -0.39 is 5.82 Å². The molecule has 2 N–H and O–H groups in total. The number of aldehydes is 1. The molecule has 2 aliphatic rings. The highest BCUT2D eigenvalue weighted by atomic mass is 19.1. The smallest absolute Gasteiger partial charge is 0.253 e. The molecule has 0 spiro atoms. The molecule has 2 saturated heterocycles. The second kappa shape index (κ2) is 18.7. The fourth-order valence-electron chi connectivity index (χ4n) is 5.01. The number of fused-ring (bicyclic) bond motifs is 1. The van der Waals surface area contributed by atoms with Gasteiger partial charge in [0.25, 0.3) is 5.91 Å². The van der Waals surface area contributed by atoms with E-state index in [0.717, 1.165) is 31.9 Å². The summed E-state index contributed by atoms with van der Waals surface area (Å²) in [6.45, 7) is 22.3. The van der Waals surface area contributed by atoms with Gasteiger partial charge in [0.15, 0.2) is 0 Å². The van der Waals surface area contributed by atoms with Crippen LogP contribution in [0.5, 0.6) is 0 Å². The van der Waals surface area contributed by atoms with Gasteiger partial charge in [-0.3, -0.25) is 9.59 Å². The minimum atomic E-state index is -0.503. The van der Waals surface area contributed by atoms with Gasteiger partial charge in [-0.05, 0) is 57.2 Å². The summed E-state index contributed by atoms with van der Waals surface area (Å²) >= 11 is 0. The molecule has 1 aromatic heterocycles. The van der Waals surface area contributed by atoms with E-state index in [1.807, 2.05) is 19.9 Å². The molecule has 2 fully saturated rings. The fourth-order valence-corrected chi connectivity index (χ4v) is 5.01. The first-order chi connectivity index (χ1) is 20.8. The third-order valence-electron chi connectivity index (χ3n) is 7.63. The van der Waals surface area contributed by atoms with E-state index in [2.05, 4.69) is 76.4 Å². The fraction of sp³-hybridized carbons (Fsp3) is 0.429. The van der Waals surface area contributed by atoms with Gasteiger partial charge in [-0.1, -0.05) is 70.7 Å².